The average molecular weight is 641 g/mol. The zero-order chi connectivity index (χ0) is 31.9. The molecule has 0 spiro atoms. The van der Waals surface area contributed by atoms with Gasteiger partial charge in [-0.2, -0.15) is 0 Å². The van der Waals surface area contributed by atoms with Gasteiger partial charge in [-0.3, -0.25) is 0 Å². The minimum atomic E-state index is 0.0300. The lowest BCUT2D eigenvalue weighted by atomic mass is 10.1. The third kappa shape index (κ3) is 39.6. The summed E-state index contributed by atoms with van der Waals surface area (Å²) in [6.45, 7) is 14.4. The molecule has 11 heteroatoms. The van der Waals surface area contributed by atoms with Crippen molar-refractivity contribution >= 4 is 0 Å². The highest BCUT2D eigenvalue weighted by Crippen LogP contribution is 2.12. The van der Waals surface area contributed by atoms with Gasteiger partial charge in [-0.05, 0) is 13.3 Å². The molecule has 0 heterocycles. The van der Waals surface area contributed by atoms with E-state index in [1.807, 2.05) is 0 Å². The highest BCUT2D eigenvalue weighted by molar-refractivity contribution is 4.53. The fourth-order valence-corrected chi connectivity index (χ4v) is 4.06. The molecule has 0 bridgehead atoms. The zero-order valence-electron chi connectivity index (χ0n) is 28.3. The molecule has 0 radical (unpaired) electrons. The minimum absolute atomic E-state index is 0.0300. The Morgan fingerprint density at radius 3 is 0.955 bits per heavy atom. The number of rotatable bonds is 40. The topological polar surface area (TPSA) is 113 Å². The van der Waals surface area contributed by atoms with E-state index >= 15 is 0 Å². The summed E-state index contributed by atoms with van der Waals surface area (Å²) in [5.41, 5.74) is 0. The van der Waals surface area contributed by atoms with Crippen LogP contribution < -0.4 is 0 Å². The van der Waals surface area contributed by atoms with Crippen molar-refractivity contribution < 1.29 is 52.5 Å². The smallest absolute Gasteiger partial charge is 0.0704 e. The van der Waals surface area contributed by atoms with Gasteiger partial charge in [-0.25, -0.2) is 0 Å². The second-order valence-electron chi connectivity index (χ2n) is 10.5. The van der Waals surface area contributed by atoms with Crippen molar-refractivity contribution in [3.63, 3.8) is 0 Å². The molecule has 0 saturated carbocycles. The molecule has 0 aliphatic rings. The van der Waals surface area contributed by atoms with Crippen molar-refractivity contribution in [1.29, 1.82) is 0 Å². The van der Waals surface area contributed by atoms with Gasteiger partial charge in [0.2, 0.25) is 0 Å². The SMILES string of the molecule is CCCCCCCCCCCC(C)OCCOCCOCCOCCOCCOCCOCCOCCOCCOCCO. The van der Waals surface area contributed by atoms with Crippen molar-refractivity contribution in [2.75, 3.05) is 132 Å². The van der Waals surface area contributed by atoms with Crippen LogP contribution in [0.1, 0.15) is 78.1 Å². The Hall–Kier alpha value is -0.440. The van der Waals surface area contributed by atoms with Gasteiger partial charge in [-0.15, -0.1) is 0 Å². The quantitative estimate of drug-likeness (QED) is 0.0959. The Labute approximate surface area is 268 Å². The second-order valence-corrected chi connectivity index (χ2v) is 10.5. The number of hydrogen-bond acceptors (Lipinski definition) is 11. The number of ether oxygens (including phenoxy) is 10. The highest BCUT2D eigenvalue weighted by atomic mass is 16.6. The van der Waals surface area contributed by atoms with E-state index in [1.165, 1.54) is 57.8 Å². The third-order valence-electron chi connectivity index (χ3n) is 6.56. The monoisotopic (exact) mass is 640 g/mol. The van der Waals surface area contributed by atoms with Gasteiger partial charge in [-0.1, -0.05) is 64.7 Å². The molecule has 0 aliphatic carbocycles. The Bertz CT molecular complexity index is 502. The summed E-state index contributed by atoms with van der Waals surface area (Å²) in [5.74, 6) is 0. The maximum Gasteiger partial charge on any atom is 0.0704 e. The molecule has 266 valence electrons. The first kappa shape index (κ1) is 43.6. The van der Waals surface area contributed by atoms with E-state index in [0.717, 1.165) is 6.42 Å². The van der Waals surface area contributed by atoms with E-state index in [0.29, 0.717) is 132 Å². The van der Waals surface area contributed by atoms with Gasteiger partial charge in [0, 0.05) is 0 Å². The van der Waals surface area contributed by atoms with Crippen LogP contribution in [0.2, 0.25) is 0 Å². The summed E-state index contributed by atoms with van der Waals surface area (Å²) in [6, 6.07) is 0. The largest absolute Gasteiger partial charge is 0.394 e. The molecule has 0 saturated heterocycles. The Morgan fingerprint density at radius 1 is 0.364 bits per heavy atom. The van der Waals surface area contributed by atoms with E-state index < -0.39 is 0 Å². The minimum Gasteiger partial charge on any atom is -0.394 e. The van der Waals surface area contributed by atoms with Crippen LogP contribution in [-0.2, 0) is 47.4 Å². The summed E-state index contributed by atoms with van der Waals surface area (Å²) in [5, 5.41) is 8.58. The van der Waals surface area contributed by atoms with Crippen molar-refractivity contribution in [2.45, 2.75) is 84.2 Å². The summed E-state index contributed by atoms with van der Waals surface area (Å²) < 4.78 is 54.7. The van der Waals surface area contributed by atoms with Crippen LogP contribution in [0.3, 0.4) is 0 Å². The molecule has 11 nitrogen and oxygen atoms in total. The van der Waals surface area contributed by atoms with Crippen LogP contribution in [0.15, 0.2) is 0 Å². The van der Waals surface area contributed by atoms with E-state index in [-0.39, 0.29) is 6.61 Å². The van der Waals surface area contributed by atoms with Crippen LogP contribution >= 0.6 is 0 Å². The molecular weight excluding hydrogens is 572 g/mol. The van der Waals surface area contributed by atoms with Crippen LogP contribution in [0, 0.1) is 0 Å². The molecule has 0 aromatic rings. The number of aliphatic hydroxyl groups is 1. The van der Waals surface area contributed by atoms with Crippen LogP contribution in [0.4, 0.5) is 0 Å². The van der Waals surface area contributed by atoms with Crippen molar-refractivity contribution in [3.8, 4) is 0 Å². The van der Waals surface area contributed by atoms with Crippen molar-refractivity contribution in [2.24, 2.45) is 0 Å². The van der Waals surface area contributed by atoms with Crippen molar-refractivity contribution in [3.05, 3.63) is 0 Å². The fourth-order valence-electron chi connectivity index (χ4n) is 4.06. The molecule has 44 heavy (non-hydrogen) atoms. The van der Waals surface area contributed by atoms with E-state index in [9.17, 15) is 0 Å². The molecular formula is C33H68O11. The standard InChI is InChI=1S/C33H68O11/c1-3-4-5-6-7-8-9-10-11-12-33(2)44-32-31-43-30-29-42-28-27-41-26-25-40-24-23-39-22-21-38-20-19-37-18-17-36-16-15-35-14-13-34/h33-34H,3-32H2,1-2H3. The van der Waals surface area contributed by atoms with Crippen LogP contribution in [0.5, 0.6) is 0 Å². The molecule has 0 aromatic carbocycles. The first-order chi connectivity index (χ1) is 21.8. The molecule has 0 rings (SSSR count). The van der Waals surface area contributed by atoms with Gasteiger partial charge < -0.3 is 52.5 Å². The van der Waals surface area contributed by atoms with Gasteiger partial charge in [0.15, 0.2) is 0 Å². The fraction of sp³-hybridized carbons (Fsp3) is 1.00. The molecule has 0 amide bonds. The maximum atomic E-state index is 8.58. The van der Waals surface area contributed by atoms with Crippen molar-refractivity contribution in [1.82, 2.24) is 0 Å². The first-order valence-electron chi connectivity index (χ1n) is 17.2. The molecule has 0 aliphatic heterocycles. The lowest BCUT2D eigenvalue weighted by Gasteiger charge is -2.13. The maximum absolute atomic E-state index is 8.58. The molecule has 1 unspecified atom stereocenters. The Kier molecular flexibility index (Phi) is 40.2. The Balaban J connectivity index is 3.10. The zero-order valence-corrected chi connectivity index (χ0v) is 28.3. The van der Waals surface area contributed by atoms with E-state index in [1.54, 1.807) is 0 Å². The molecule has 1 atom stereocenters. The normalized spacial score (nSPS) is 12.3. The first-order valence-corrected chi connectivity index (χ1v) is 17.2. The van der Waals surface area contributed by atoms with Gasteiger partial charge in [0.05, 0.1) is 138 Å². The summed E-state index contributed by atoms with van der Waals surface area (Å²) in [7, 11) is 0. The average Bonchev–Trinajstić information content (AvgIpc) is 3.03. The van der Waals surface area contributed by atoms with E-state index in [2.05, 4.69) is 13.8 Å². The lowest BCUT2D eigenvalue weighted by Crippen LogP contribution is -2.16. The van der Waals surface area contributed by atoms with Gasteiger partial charge in [0.1, 0.15) is 0 Å². The van der Waals surface area contributed by atoms with Gasteiger partial charge in [0.25, 0.3) is 0 Å². The predicted molar refractivity (Wildman–Crippen MR) is 172 cm³/mol. The second kappa shape index (κ2) is 40.6. The van der Waals surface area contributed by atoms with Gasteiger partial charge >= 0.3 is 0 Å². The van der Waals surface area contributed by atoms with Crippen LogP contribution in [0.25, 0.3) is 0 Å². The summed E-state index contributed by atoms with van der Waals surface area (Å²) >= 11 is 0. The molecule has 0 fully saturated rings. The summed E-state index contributed by atoms with van der Waals surface area (Å²) in [6.07, 6.45) is 13.7. The lowest BCUT2D eigenvalue weighted by molar-refractivity contribution is -0.0292. The van der Waals surface area contributed by atoms with E-state index in [4.69, 9.17) is 52.5 Å². The molecule has 0 aromatic heterocycles. The number of aliphatic hydroxyl groups excluding tert-OH is 1. The number of unbranched alkanes of at least 4 members (excludes halogenated alkanes) is 8. The molecule has 1 N–H and O–H groups in total. The third-order valence-corrected chi connectivity index (χ3v) is 6.56. The predicted octanol–water partition coefficient (Wildman–Crippen LogP) is 4.45. The summed E-state index contributed by atoms with van der Waals surface area (Å²) in [4.78, 5) is 0. The number of hydrogen-bond donors (Lipinski definition) is 1. The highest BCUT2D eigenvalue weighted by Gasteiger charge is 2.02. The van der Waals surface area contributed by atoms with Crippen LogP contribution in [-0.4, -0.2) is 143 Å². The Morgan fingerprint density at radius 2 is 0.636 bits per heavy atom.